The number of aromatic amines is 1. The molecule has 0 saturated carbocycles. The fourth-order valence-corrected chi connectivity index (χ4v) is 6.63. The Morgan fingerprint density at radius 3 is 2.55 bits per heavy atom. The van der Waals surface area contributed by atoms with Crippen molar-refractivity contribution >= 4 is 22.8 Å². The molecule has 1 unspecified atom stereocenters. The molecule has 0 radical (unpaired) electrons. The molecule has 1 atom stereocenters. The van der Waals surface area contributed by atoms with Gasteiger partial charge < -0.3 is 20.9 Å². The third kappa shape index (κ3) is 5.75. The maximum Gasteiger partial charge on any atom is 0.255 e. The van der Waals surface area contributed by atoms with Crippen molar-refractivity contribution in [2.45, 2.75) is 37.8 Å². The van der Waals surface area contributed by atoms with Crippen LogP contribution in [0.4, 0.5) is 13.2 Å². The Morgan fingerprint density at radius 2 is 1.79 bits per heavy atom. The maximum absolute atomic E-state index is 15.7. The van der Waals surface area contributed by atoms with Gasteiger partial charge in [-0.1, -0.05) is 36.1 Å². The fourth-order valence-electron chi connectivity index (χ4n) is 6.63. The van der Waals surface area contributed by atoms with Crippen molar-refractivity contribution < 1.29 is 22.8 Å². The Balaban J connectivity index is 1.22. The quantitative estimate of drug-likeness (QED) is 0.190. The van der Waals surface area contributed by atoms with Crippen LogP contribution in [-0.2, 0) is 6.54 Å². The van der Waals surface area contributed by atoms with Gasteiger partial charge in [-0.15, -0.1) is 0 Å². The average molecular weight is 634 g/mol. The van der Waals surface area contributed by atoms with Crippen LogP contribution in [-0.4, -0.2) is 39.8 Å². The summed E-state index contributed by atoms with van der Waals surface area (Å²) in [7, 11) is 0. The molecule has 0 spiro atoms. The first-order valence-corrected chi connectivity index (χ1v) is 15.4. The summed E-state index contributed by atoms with van der Waals surface area (Å²) < 4.78 is 45.4. The van der Waals surface area contributed by atoms with Gasteiger partial charge in [-0.05, 0) is 84.9 Å². The number of amides is 2. The lowest BCUT2D eigenvalue weighted by atomic mass is 9.89. The molecule has 2 aliphatic rings. The second-order valence-corrected chi connectivity index (χ2v) is 11.9. The highest BCUT2D eigenvalue weighted by Gasteiger charge is 2.36. The molecule has 236 valence electrons. The molecule has 2 aromatic heterocycles. The zero-order chi connectivity index (χ0) is 32.7. The van der Waals surface area contributed by atoms with Gasteiger partial charge in [-0.25, -0.2) is 18.2 Å². The Bertz CT molecular complexity index is 2090. The van der Waals surface area contributed by atoms with Gasteiger partial charge >= 0.3 is 0 Å². The first kappa shape index (κ1) is 30.3. The van der Waals surface area contributed by atoms with E-state index in [9.17, 15) is 14.0 Å². The molecule has 1 fully saturated rings. The van der Waals surface area contributed by atoms with Crippen molar-refractivity contribution in [3.8, 4) is 23.0 Å². The molecule has 47 heavy (non-hydrogen) atoms. The van der Waals surface area contributed by atoms with E-state index in [1.54, 1.807) is 18.3 Å². The molecule has 0 aliphatic carbocycles. The Morgan fingerprint density at radius 1 is 1.00 bits per heavy atom. The number of piperidine rings is 1. The lowest BCUT2D eigenvalue weighted by Gasteiger charge is -2.27. The molecule has 0 bridgehead atoms. The summed E-state index contributed by atoms with van der Waals surface area (Å²) in [5.41, 5.74) is 9.28. The fraction of sp³-hybridized carbons (Fsp3) is 0.216. The predicted octanol–water partition coefficient (Wildman–Crippen LogP) is 6.35. The van der Waals surface area contributed by atoms with Crippen molar-refractivity contribution in [2.75, 3.05) is 13.1 Å². The number of aromatic nitrogens is 2. The van der Waals surface area contributed by atoms with Crippen molar-refractivity contribution in [1.29, 1.82) is 0 Å². The zero-order valence-electron chi connectivity index (χ0n) is 25.2. The molecule has 7 rings (SSSR count). The molecule has 7 nitrogen and oxygen atoms in total. The molecular weight excluding hydrogens is 603 g/mol. The first-order valence-electron chi connectivity index (χ1n) is 15.4. The number of nitrogens with one attached hydrogen (secondary N) is 2. The highest BCUT2D eigenvalue weighted by Crippen LogP contribution is 2.38. The van der Waals surface area contributed by atoms with E-state index >= 15 is 8.78 Å². The van der Waals surface area contributed by atoms with Gasteiger partial charge in [0.2, 0.25) is 0 Å². The Labute approximate surface area is 269 Å². The predicted molar refractivity (Wildman–Crippen MR) is 172 cm³/mol. The first-order chi connectivity index (χ1) is 22.8. The maximum atomic E-state index is 15.7. The number of primary amides is 1. The van der Waals surface area contributed by atoms with E-state index in [0.29, 0.717) is 28.1 Å². The SMILES string of the molecule is NC(=O)c1cnc2[nH]ccc2c1C#CCC(c1cc(F)ccc1F)N1Cc2c(F)cc(-c3ccc(C4CCNCC4)cc3)cc2C1=O. The van der Waals surface area contributed by atoms with Crippen molar-refractivity contribution in [3.05, 3.63) is 124 Å². The summed E-state index contributed by atoms with van der Waals surface area (Å²) in [6, 6.07) is 14.7. The minimum absolute atomic E-state index is 0.0915. The second kappa shape index (κ2) is 12.4. The summed E-state index contributed by atoms with van der Waals surface area (Å²) in [4.78, 5) is 34.5. The standard InChI is InChI=1S/C37H30F3N5O2/c38-25-8-9-32(39)29(18-25)34(3-1-2-26-27-12-15-43-36(27)44-19-30(26)35(41)46)45-20-31-28(37(45)47)16-24(17-33(31)40)22-6-4-21(5-7-22)23-10-13-42-14-11-23/h4-9,12,15-19,23,34,42H,3,10-11,13-14,20H2,(H2,41,46)(H,43,44). The molecule has 10 heteroatoms. The lowest BCUT2D eigenvalue weighted by Crippen LogP contribution is -2.30. The second-order valence-electron chi connectivity index (χ2n) is 11.9. The van der Waals surface area contributed by atoms with Crippen LogP contribution in [0.1, 0.15) is 74.2 Å². The minimum atomic E-state index is -1.06. The monoisotopic (exact) mass is 633 g/mol. The number of carbonyl (C=O) groups excluding carboxylic acids is 2. The number of halogens is 3. The zero-order valence-corrected chi connectivity index (χ0v) is 25.2. The van der Waals surface area contributed by atoms with Gasteiger partial charge in [0.1, 0.15) is 23.1 Å². The molecule has 2 aliphatic heterocycles. The van der Waals surface area contributed by atoms with Crippen LogP contribution in [0.3, 0.4) is 0 Å². The number of hydrogen-bond donors (Lipinski definition) is 3. The normalized spacial score (nSPS) is 15.4. The summed E-state index contributed by atoms with van der Waals surface area (Å²) >= 11 is 0. The van der Waals surface area contributed by atoms with E-state index in [1.807, 2.05) is 12.1 Å². The number of pyridine rings is 1. The van der Waals surface area contributed by atoms with Crippen LogP contribution in [0.2, 0.25) is 0 Å². The van der Waals surface area contributed by atoms with Gasteiger partial charge in [0.15, 0.2) is 0 Å². The van der Waals surface area contributed by atoms with Crippen LogP contribution in [0.15, 0.2) is 73.1 Å². The number of nitrogens with two attached hydrogens (primary N) is 1. The minimum Gasteiger partial charge on any atom is -0.366 e. The smallest absolute Gasteiger partial charge is 0.255 e. The van der Waals surface area contributed by atoms with Crippen LogP contribution in [0.25, 0.3) is 22.2 Å². The Kier molecular flexibility index (Phi) is 8.00. The van der Waals surface area contributed by atoms with E-state index in [0.717, 1.165) is 49.7 Å². The molecule has 1 saturated heterocycles. The van der Waals surface area contributed by atoms with Gasteiger partial charge in [0.05, 0.1) is 18.2 Å². The van der Waals surface area contributed by atoms with Crippen LogP contribution < -0.4 is 11.1 Å². The topological polar surface area (TPSA) is 104 Å². The molecule has 5 aromatic rings. The average Bonchev–Trinajstić information content (AvgIpc) is 3.70. The number of hydrogen-bond acceptors (Lipinski definition) is 4. The van der Waals surface area contributed by atoms with Gasteiger partial charge in [0.25, 0.3) is 11.8 Å². The van der Waals surface area contributed by atoms with E-state index in [1.165, 1.54) is 22.7 Å². The van der Waals surface area contributed by atoms with Gasteiger partial charge in [-0.2, -0.15) is 0 Å². The van der Waals surface area contributed by atoms with Crippen LogP contribution in [0.5, 0.6) is 0 Å². The van der Waals surface area contributed by atoms with Crippen LogP contribution >= 0.6 is 0 Å². The van der Waals surface area contributed by atoms with E-state index < -0.39 is 35.3 Å². The third-order valence-electron chi connectivity index (χ3n) is 9.12. The van der Waals surface area contributed by atoms with E-state index in [-0.39, 0.29) is 35.2 Å². The summed E-state index contributed by atoms with van der Waals surface area (Å²) in [6.45, 7) is 1.80. The summed E-state index contributed by atoms with van der Waals surface area (Å²) in [6.07, 6.45) is 4.93. The number of H-pyrrole nitrogens is 1. The highest BCUT2D eigenvalue weighted by atomic mass is 19.1. The van der Waals surface area contributed by atoms with Crippen LogP contribution in [0, 0.1) is 29.3 Å². The van der Waals surface area contributed by atoms with Crippen molar-refractivity contribution in [2.24, 2.45) is 5.73 Å². The van der Waals surface area contributed by atoms with E-state index in [2.05, 4.69) is 39.3 Å². The van der Waals surface area contributed by atoms with E-state index in [4.69, 9.17) is 5.73 Å². The number of benzene rings is 3. The molecule has 4 N–H and O–H groups in total. The van der Waals surface area contributed by atoms with Gasteiger partial charge in [-0.3, -0.25) is 9.59 Å². The number of carbonyl (C=O) groups is 2. The summed E-state index contributed by atoms with van der Waals surface area (Å²) in [5.74, 6) is 3.14. The molecule has 3 aromatic carbocycles. The van der Waals surface area contributed by atoms with Crippen molar-refractivity contribution in [1.82, 2.24) is 20.2 Å². The molecule has 4 heterocycles. The molecule has 2 amide bonds. The summed E-state index contributed by atoms with van der Waals surface area (Å²) in [5, 5.41) is 3.93. The largest absolute Gasteiger partial charge is 0.366 e. The molecular formula is C37H30F3N5O2. The number of nitrogens with zero attached hydrogens (tertiary/aromatic N) is 2. The highest BCUT2D eigenvalue weighted by molar-refractivity contribution is 6.01. The third-order valence-corrected chi connectivity index (χ3v) is 9.12. The van der Waals surface area contributed by atoms with Gasteiger partial charge in [0, 0.05) is 46.5 Å². The number of fused-ring (bicyclic) bond motifs is 2. The number of rotatable bonds is 6. The Hall–Kier alpha value is -5.40. The van der Waals surface area contributed by atoms with Crippen molar-refractivity contribution in [3.63, 3.8) is 0 Å². The lowest BCUT2D eigenvalue weighted by molar-refractivity contribution is 0.0700.